The van der Waals surface area contributed by atoms with Crippen LogP contribution in [0.15, 0.2) is 54.5 Å². The molecule has 0 radical (unpaired) electrons. The van der Waals surface area contributed by atoms with Gasteiger partial charge in [-0.3, -0.25) is 0 Å². The molecule has 0 saturated carbocycles. The Bertz CT molecular complexity index is 975. The fourth-order valence-corrected chi connectivity index (χ4v) is 3.04. The van der Waals surface area contributed by atoms with Gasteiger partial charge in [0.2, 0.25) is 0 Å². The van der Waals surface area contributed by atoms with Gasteiger partial charge in [-0.2, -0.15) is 26.3 Å². The number of halogens is 6. The number of likely N-dealkylation sites (N-methyl/N-ethyl adjacent to an activating group) is 1. The molecule has 1 aliphatic rings. The molecule has 0 saturated heterocycles. The van der Waals surface area contributed by atoms with E-state index in [0.29, 0.717) is 18.6 Å². The fourth-order valence-electron chi connectivity index (χ4n) is 3.04. The van der Waals surface area contributed by atoms with Crippen molar-refractivity contribution in [1.29, 1.82) is 0 Å². The summed E-state index contributed by atoms with van der Waals surface area (Å²) in [5.41, 5.74) is 3.29. The quantitative estimate of drug-likeness (QED) is 0.718. The minimum Gasteiger partial charge on any atom is -0.378 e. The van der Waals surface area contributed by atoms with E-state index >= 15 is 0 Å². The van der Waals surface area contributed by atoms with Crippen molar-refractivity contribution in [3.05, 3.63) is 71.3 Å². The van der Waals surface area contributed by atoms with Gasteiger partial charge in [-0.15, -0.1) is 0 Å². The monoisotopic (exact) mass is 428 g/mol. The van der Waals surface area contributed by atoms with Crippen molar-refractivity contribution in [3.63, 3.8) is 0 Å². The van der Waals surface area contributed by atoms with Crippen molar-refractivity contribution in [2.45, 2.75) is 24.3 Å². The van der Waals surface area contributed by atoms with Crippen LogP contribution >= 0.6 is 0 Å². The highest BCUT2D eigenvalue weighted by Crippen LogP contribution is 2.39. The normalized spacial score (nSPS) is 19.6. The summed E-state index contributed by atoms with van der Waals surface area (Å²) in [5.74, 6) is 0. The molecule has 1 aromatic heterocycles. The molecule has 0 bridgehead atoms. The Morgan fingerprint density at radius 1 is 0.933 bits per heavy atom. The van der Waals surface area contributed by atoms with E-state index in [4.69, 9.17) is 5.73 Å². The summed E-state index contributed by atoms with van der Waals surface area (Å²) in [6, 6.07) is 2.65. The highest BCUT2D eigenvalue weighted by atomic mass is 19.4. The van der Waals surface area contributed by atoms with E-state index in [9.17, 15) is 26.3 Å². The summed E-state index contributed by atoms with van der Waals surface area (Å²) in [7, 11) is 3.71. The van der Waals surface area contributed by atoms with Gasteiger partial charge in [0.05, 0.1) is 28.1 Å². The van der Waals surface area contributed by atoms with Gasteiger partial charge < -0.3 is 10.6 Å². The first kappa shape index (κ1) is 21.8. The number of hydrogen-bond donors (Lipinski definition) is 1. The highest BCUT2D eigenvalue weighted by Gasteiger charge is 2.37. The predicted molar refractivity (Wildman–Crippen MR) is 98.9 cm³/mol. The lowest BCUT2D eigenvalue weighted by atomic mass is 9.87. The van der Waals surface area contributed by atoms with Crippen LogP contribution in [0.2, 0.25) is 0 Å². The summed E-state index contributed by atoms with van der Waals surface area (Å²) in [6.45, 7) is 0. The number of hydrogen-bond acceptors (Lipinski definition) is 4. The van der Waals surface area contributed by atoms with E-state index in [1.165, 1.54) is 6.07 Å². The van der Waals surface area contributed by atoms with Crippen LogP contribution in [0.1, 0.15) is 23.2 Å². The summed E-state index contributed by atoms with van der Waals surface area (Å²) in [5, 5.41) is 0. The van der Waals surface area contributed by atoms with Crippen LogP contribution in [-0.4, -0.2) is 29.0 Å². The highest BCUT2D eigenvalue weighted by molar-refractivity contribution is 5.62. The van der Waals surface area contributed by atoms with Crippen molar-refractivity contribution < 1.29 is 26.3 Å². The summed E-state index contributed by atoms with van der Waals surface area (Å²) in [4.78, 5) is 9.85. The lowest BCUT2D eigenvalue weighted by Gasteiger charge is -2.29. The first-order valence-electron chi connectivity index (χ1n) is 8.77. The summed E-state index contributed by atoms with van der Waals surface area (Å²) < 4.78 is 78.9. The Kier molecular flexibility index (Phi) is 5.40. The van der Waals surface area contributed by atoms with Crippen LogP contribution < -0.4 is 5.73 Å². The molecule has 1 atom stereocenters. The Balaban J connectivity index is 2.06. The van der Waals surface area contributed by atoms with Crippen LogP contribution in [0.3, 0.4) is 0 Å². The second-order valence-corrected chi connectivity index (χ2v) is 7.18. The van der Waals surface area contributed by atoms with E-state index in [-0.39, 0.29) is 23.0 Å². The molecule has 4 nitrogen and oxygen atoms in total. The molecule has 1 aliphatic carbocycles. The largest absolute Gasteiger partial charge is 0.416 e. The first-order valence-corrected chi connectivity index (χ1v) is 8.77. The van der Waals surface area contributed by atoms with Gasteiger partial charge in [-0.1, -0.05) is 12.2 Å². The van der Waals surface area contributed by atoms with Crippen LogP contribution in [-0.2, 0) is 17.9 Å². The molecule has 30 heavy (non-hydrogen) atoms. The second kappa shape index (κ2) is 7.42. The average Bonchev–Trinajstić information content (AvgIpc) is 2.67. The van der Waals surface area contributed by atoms with Crippen molar-refractivity contribution in [1.82, 2.24) is 14.9 Å². The summed E-state index contributed by atoms with van der Waals surface area (Å²) >= 11 is 0. The number of allylic oxidation sites excluding steroid dienone is 1. The SMILES string of the molecule is CN(C)C1=CCC(N)(c2cc(-c3cc(C(F)(F)F)cc(C(F)(F)F)c3)ncn2)C=C1. The Morgan fingerprint density at radius 2 is 1.53 bits per heavy atom. The molecule has 0 amide bonds. The van der Waals surface area contributed by atoms with Gasteiger partial charge in [0.25, 0.3) is 0 Å². The average molecular weight is 428 g/mol. The van der Waals surface area contributed by atoms with E-state index < -0.39 is 29.0 Å². The fraction of sp³-hybridized carbons (Fsp3) is 0.300. The maximum Gasteiger partial charge on any atom is 0.416 e. The van der Waals surface area contributed by atoms with Gasteiger partial charge in [-0.25, -0.2) is 9.97 Å². The van der Waals surface area contributed by atoms with Crippen molar-refractivity contribution in [3.8, 4) is 11.3 Å². The molecule has 1 unspecified atom stereocenters. The van der Waals surface area contributed by atoms with Gasteiger partial charge in [0.15, 0.2) is 0 Å². The lowest BCUT2D eigenvalue weighted by Crippen LogP contribution is -2.37. The zero-order chi connectivity index (χ0) is 22.3. The second-order valence-electron chi connectivity index (χ2n) is 7.18. The Hall–Kier alpha value is -2.88. The first-order chi connectivity index (χ1) is 13.8. The molecule has 2 N–H and O–H groups in total. The molecule has 0 spiro atoms. The number of nitrogens with zero attached hydrogens (tertiary/aromatic N) is 3. The minimum absolute atomic E-state index is 0.0769. The van der Waals surface area contributed by atoms with Crippen LogP contribution in [0, 0.1) is 0 Å². The zero-order valence-corrected chi connectivity index (χ0v) is 16.0. The number of rotatable bonds is 3. The summed E-state index contributed by atoms with van der Waals surface area (Å²) in [6.07, 6.45) is -3.12. The van der Waals surface area contributed by atoms with Gasteiger partial charge >= 0.3 is 12.4 Å². The molecule has 10 heteroatoms. The van der Waals surface area contributed by atoms with E-state index in [1.54, 1.807) is 12.2 Å². The topological polar surface area (TPSA) is 55.0 Å². The lowest BCUT2D eigenvalue weighted by molar-refractivity contribution is -0.143. The molecule has 3 rings (SSSR count). The zero-order valence-electron chi connectivity index (χ0n) is 16.0. The van der Waals surface area contributed by atoms with Crippen molar-refractivity contribution in [2.75, 3.05) is 14.1 Å². The van der Waals surface area contributed by atoms with E-state index in [2.05, 4.69) is 9.97 Å². The van der Waals surface area contributed by atoms with Crippen molar-refractivity contribution >= 4 is 0 Å². The Labute approximate surface area is 168 Å². The third kappa shape index (κ3) is 4.48. The molecular formula is C20H18F6N4. The van der Waals surface area contributed by atoms with Gasteiger partial charge in [-0.05, 0) is 36.8 Å². The smallest absolute Gasteiger partial charge is 0.378 e. The number of aromatic nitrogens is 2. The standard InChI is InChI=1S/C20H18F6N4/c1-30(2)15-3-5-18(27,6-4-15)17-10-16(28-11-29-17)12-7-13(19(21,22)23)9-14(8-12)20(24,25)26/h3-5,7-11H,6,27H2,1-2H3. The van der Waals surface area contributed by atoms with Gasteiger partial charge in [0, 0.05) is 25.4 Å². The number of nitrogens with two attached hydrogens (primary N) is 1. The molecule has 160 valence electrons. The molecule has 1 aromatic carbocycles. The minimum atomic E-state index is -4.94. The molecule has 2 aromatic rings. The predicted octanol–water partition coefficient (Wildman–Crippen LogP) is 4.74. The maximum absolute atomic E-state index is 13.1. The van der Waals surface area contributed by atoms with Crippen LogP contribution in [0.5, 0.6) is 0 Å². The van der Waals surface area contributed by atoms with Gasteiger partial charge in [0.1, 0.15) is 6.33 Å². The maximum atomic E-state index is 13.1. The van der Waals surface area contributed by atoms with Crippen LogP contribution in [0.25, 0.3) is 11.3 Å². The molecule has 0 fully saturated rings. The Morgan fingerprint density at radius 3 is 2.00 bits per heavy atom. The number of benzene rings is 1. The van der Waals surface area contributed by atoms with E-state index in [0.717, 1.165) is 12.0 Å². The molecule has 0 aliphatic heterocycles. The number of alkyl halides is 6. The van der Waals surface area contributed by atoms with E-state index in [1.807, 2.05) is 25.1 Å². The third-order valence-corrected chi connectivity index (χ3v) is 4.74. The molecule has 1 heterocycles. The molecular weight excluding hydrogens is 410 g/mol. The van der Waals surface area contributed by atoms with Crippen molar-refractivity contribution in [2.24, 2.45) is 5.73 Å². The van der Waals surface area contributed by atoms with Crippen LogP contribution in [0.4, 0.5) is 26.3 Å². The third-order valence-electron chi connectivity index (χ3n) is 4.74.